The molecule has 0 amide bonds. The molecule has 18 heavy (non-hydrogen) atoms. The van der Waals surface area contributed by atoms with E-state index in [1.54, 1.807) is 0 Å². The minimum Gasteiger partial charge on any atom is -0.371 e. The summed E-state index contributed by atoms with van der Waals surface area (Å²) in [4.78, 5) is 2.52. The molecule has 1 aliphatic rings. The van der Waals surface area contributed by atoms with Crippen LogP contribution in [0.15, 0.2) is 42.5 Å². The van der Waals surface area contributed by atoms with Crippen molar-refractivity contribution in [3.8, 4) is 0 Å². The molecule has 3 rings (SSSR count). The quantitative estimate of drug-likeness (QED) is 0.868. The van der Waals surface area contributed by atoms with Crippen molar-refractivity contribution in [2.45, 2.75) is 18.9 Å². The summed E-state index contributed by atoms with van der Waals surface area (Å²) in [5, 5.41) is 6.10. The van der Waals surface area contributed by atoms with E-state index in [0.717, 1.165) is 13.1 Å². The molecule has 0 aliphatic carbocycles. The average Bonchev–Trinajstić information content (AvgIpc) is 2.47. The molecule has 1 aliphatic heterocycles. The molecule has 0 aromatic heterocycles. The predicted octanol–water partition coefficient (Wildman–Crippen LogP) is 3.03. The second-order valence-corrected chi connectivity index (χ2v) is 5.05. The second kappa shape index (κ2) is 4.99. The maximum atomic E-state index is 3.39. The van der Waals surface area contributed by atoms with Gasteiger partial charge in [0.05, 0.1) is 0 Å². The molecular weight excluding hydrogens is 220 g/mol. The van der Waals surface area contributed by atoms with Crippen molar-refractivity contribution in [1.29, 1.82) is 0 Å². The highest BCUT2D eigenvalue weighted by atomic mass is 15.1. The summed E-state index contributed by atoms with van der Waals surface area (Å²) in [6, 6.07) is 16.0. The summed E-state index contributed by atoms with van der Waals surface area (Å²) in [5.74, 6) is 0. The Bertz CT molecular complexity index is 522. The van der Waals surface area contributed by atoms with E-state index < -0.39 is 0 Å². The van der Waals surface area contributed by atoms with Crippen LogP contribution in [0.2, 0.25) is 0 Å². The minimum atomic E-state index is 0.691. The van der Waals surface area contributed by atoms with Gasteiger partial charge in [0.25, 0.3) is 0 Å². The zero-order valence-electron chi connectivity index (χ0n) is 10.9. The standard InChI is InChI=1S/C16H20N2/c1-17-14-9-11-18(12-10-14)16-8-4-6-13-5-2-3-7-15(13)16/h2-8,14,17H,9-12H2,1H3. The van der Waals surface area contributed by atoms with E-state index in [4.69, 9.17) is 0 Å². The van der Waals surface area contributed by atoms with Gasteiger partial charge in [-0.3, -0.25) is 0 Å². The van der Waals surface area contributed by atoms with Gasteiger partial charge in [0.2, 0.25) is 0 Å². The lowest BCUT2D eigenvalue weighted by Gasteiger charge is -2.34. The molecule has 0 atom stereocenters. The van der Waals surface area contributed by atoms with Crippen LogP contribution in [0, 0.1) is 0 Å². The molecule has 0 spiro atoms. The van der Waals surface area contributed by atoms with Crippen LogP contribution in [0.5, 0.6) is 0 Å². The third-order valence-corrected chi connectivity index (χ3v) is 4.01. The fraction of sp³-hybridized carbons (Fsp3) is 0.375. The molecule has 1 saturated heterocycles. The molecule has 94 valence electrons. The van der Waals surface area contributed by atoms with Crippen molar-refractivity contribution < 1.29 is 0 Å². The third kappa shape index (κ3) is 2.08. The second-order valence-electron chi connectivity index (χ2n) is 5.05. The van der Waals surface area contributed by atoms with Crippen LogP contribution in [0.25, 0.3) is 10.8 Å². The number of hydrogen-bond acceptors (Lipinski definition) is 2. The van der Waals surface area contributed by atoms with Gasteiger partial charge in [-0.25, -0.2) is 0 Å². The molecule has 1 N–H and O–H groups in total. The molecule has 2 aromatic rings. The SMILES string of the molecule is CNC1CCN(c2cccc3ccccc23)CC1. The maximum Gasteiger partial charge on any atom is 0.0445 e. The zero-order valence-corrected chi connectivity index (χ0v) is 10.9. The van der Waals surface area contributed by atoms with E-state index in [9.17, 15) is 0 Å². The molecule has 0 saturated carbocycles. The van der Waals surface area contributed by atoms with Crippen molar-refractivity contribution in [3.63, 3.8) is 0 Å². The Morgan fingerprint density at radius 2 is 1.72 bits per heavy atom. The Labute approximate surface area is 109 Å². The number of anilines is 1. The van der Waals surface area contributed by atoms with Crippen LogP contribution >= 0.6 is 0 Å². The molecule has 0 bridgehead atoms. The first-order chi connectivity index (χ1) is 8.88. The van der Waals surface area contributed by atoms with Crippen molar-refractivity contribution in [2.24, 2.45) is 0 Å². The molecule has 0 unspecified atom stereocenters. The fourth-order valence-electron chi connectivity index (χ4n) is 2.89. The first-order valence-electron chi connectivity index (χ1n) is 6.78. The van der Waals surface area contributed by atoms with Gasteiger partial charge in [-0.15, -0.1) is 0 Å². The van der Waals surface area contributed by atoms with Crippen LogP contribution in [-0.4, -0.2) is 26.2 Å². The van der Waals surface area contributed by atoms with E-state index in [1.807, 2.05) is 0 Å². The van der Waals surface area contributed by atoms with Crippen LogP contribution in [0.1, 0.15) is 12.8 Å². The smallest absolute Gasteiger partial charge is 0.0445 e. The summed E-state index contributed by atoms with van der Waals surface area (Å²) < 4.78 is 0. The molecule has 2 heteroatoms. The predicted molar refractivity (Wildman–Crippen MR) is 78.2 cm³/mol. The molecule has 0 radical (unpaired) electrons. The van der Waals surface area contributed by atoms with Crippen molar-refractivity contribution in [2.75, 3.05) is 25.0 Å². The van der Waals surface area contributed by atoms with E-state index in [0.29, 0.717) is 6.04 Å². The lowest BCUT2D eigenvalue weighted by Crippen LogP contribution is -2.41. The highest BCUT2D eigenvalue weighted by Crippen LogP contribution is 2.28. The van der Waals surface area contributed by atoms with Gasteiger partial charge in [-0.05, 0) is 31.3 Å². The molecule has 2 nitrogen and oxygen atoms in total. The van der Waals surface area contributed by atoms with Gasteiger partial charge in [0.15, 0.2) is 0 Å². The van der Waals surface area contributed by atoms with Gasteiger partial charge in [-0.1, -0.05) is 36.4 Å². The van der Waals surface area contributed by atoms with E-state index in [-0.39, 0.29) is 0 Å². The normalized spacial score (nSPS) is 17.3. The lowest BCUT2D eigenvalue weighted by molar-refractivity contribution is 0.443. The first kappa shape index (κ1) is 11.5. The fourth-order valence-corrected chi connectivity index (χ4v) is 2.89. The lowest BCUT2D eigenvalue weighted by atomic mass is 10.0. The van der Waals surface area contributed by atoms with E-state index in [2.05, 4.69) is 59.7 Å². The molecule has 1 heterocycles. The maximum absolute atomic E-state index is 3.39. The number of benzene rings is 2. The Morgan fingerprint density at radius 1 is 1.00 bits per heavy atom. The highest BCUT2D eigenvalue weighted by molar-refractivity contribution is 5.94. The van der Waals surface area contributed by atoms with Crippen LogP contribution < -0.4 is 10.2 Å². The van der Waals surface area contributed by atoms with Gasteiger partial charge in [0, 0.05) is 30.2 Å². The number of rotatable bonds is 2. The van der Waals surface area contributed by atoms with Crippen molar-refractivity contribution >= 4 is 16.5 Å². The third-order valence-electron chi connectivity index (χ3n) is 4.01. The van der Waals surface area contributed by atoms with Crippen LogP contribution in [-0.2, 0) is 0 Å². The Morgan fingerprint density at radius 3 is 2.50 bits per heavy atom. The van der Waals surface area contributed by atoms with E-state index in [1.165, 1.54) is 29.3 Å². The van der Waals surface area contributed by atoms with Crippen LogP contribution in [0.4, 0.5) is 5.69 Å². The number of nitrogens with zero attached hydrogens (tertiary/aromatic N) is 1. The largest absolute Gasteiger partial charge is 0.371 e. The first-order valence-corrected chi connectivity index (χ1v) is 6.78. The minimum absolute atomic E-state index is 0.691. The number of nitrogens with one attached hydrogen (secondary N) is 1. The summed E-state index contributed by atoms with van der Waals surface area (Å²) >= 11 is 0. The van der Waals surface area contributed by atoms with Crippen LogP contribution in [0.3, 0.4) is 0 Å². The van der Waals surface area contributed by atoms with Crippen molar-refractivity contribution in [3.05, 3.63) is 42.5 Å². The topological polar surface area (TPSA) is 15.3 Å². The number of hydrogen-bond donors (Lipinski definition) is 1. The molecule has 1 fully saturated rings. The molecule has 2 aromatic carbocycles. The Hall–Kier alpha value is -1.54. The average molecular weight is 240 g/mol. The highest BCUT2D eigenvalue weighted by Gasteiger charge is 2.18. The summed E-state index contributed by atoms with van der Waals surface area (Å²) in [6.07, 6.45) is 2.47. The van der Waals surface area contributed by atoms with Crippen molar-refractivity contribution in [1.82, 2.24) is 5.32 Å². The van der Waals surface area contributed by atoms with Gasteiger partial charge in [-0.2, -0.15) is 0 Å². The Kier molecular flexibility index (Phi) is 3.20. The summed E-state index contributed by atoms with van der Waals surface area (Å²) in [7, 11) is 2.07. The summed E-state index contributed by atoms with van der Waals surface area (Å²) in [6.45, 7) is 2.30. The summed E-state index contributed by atoms with van der Waals surface area (Å²) in [5.41, 5.74) is 1.39. The number of piperidine rings is 1. The number of fused-ring (bicyclic) bond motifs is 1. The van der Waals surface area contributed by atoms with Gasteiger partial charge >= 0.3 is 0 Å². The van der Waals surface area contributed by atoms with Gasteiger partial charge < -0.3 is 10.2 Å². The molecular formula is C16H20N2. The van der Waals surface area contributed by atoms with E-state index >= 15 is 0 Å². The Balaban J connectivity index is 1.91. The monoisotopic (exact) mass is 240 g/mol. The zero-order chi connectivity index (χ0) is 12.4. The van der Waals surface area contributed by atoms with Gasteiger partial charge in [0.1, 0.15) is 0 Å².